The second-order valence-corrected chi connectivity index (χ2v) is 9.47. The number of ether oxygens (including phenoxy) is 2. The number of methoxy groups -OCH3 is 2. The molecule has 1 aliphatic heterocycles. The topological polar surface area (TPSA) is 88.1 Å². The van der Waals surface area contributed by atoms with Gasteiger partial charge in [-0.25, -0.2) is 0 Å². The van der Waals surface area contributed by atoms with Gasteiger partial charge in [0.1, 0.15) is 6.54 Å². The number of carbonyl (C=O) groups excluding carboxylic acids is 2. The summed E-state index contributed by atoms with van der Waals surface area (Å²) in [7, 11) is 3.20. The maximum absolute atomic E-state index is 13.1. The molecule has 9 nitrogen and oxygen atoms in total. The molecular weight excluding hydrogens is 490 g/mol. The van der Waals surface area contributed by atoms with E-state index in [1.54, 1.807) is 31.3 Å². The molecule has 1 aliphatic rings. The highest BCUT2D eigenvalue weighted by Crippen LogP contribution is 2.31. The van der Waals surface area contributed by atoms with E-state index >= 15 is 0 Å². The van der Waals surface area contributed by atoms with Crippen molar-refractivity contribution in [3.8, 4) is 22.8 Å². The smallest absolute Gasteiger partial charge is 0.264 e. The van der Waals surface area contributed by atoms with E-state index in [9.17, 15) is 9.59 Å². The molecule has 2 amide bonds. The van der Waals surface area contributed by atoms with Gasteiger partial charge in [-0.05, 0) is 48.2 Å². The molecule has 37 heavy (non-hydrogen) atoms. The third kappa shape index (κ3) is 6.26. The van der Waals surface area contributed by atoms with E-state index < -0.39 is 0 Å². The molecule has 0 N–H and O–H groups in total. The van der Waals surface area contributed by atoms with Gasteiger partial charge in [0, 0.05) is 38.3 Å². The van der Waals surface area contributed by atoms with Crippen molar-refractivity contribution in [1.82, 2.24) is 20.0 Å². The van der Waals surface area contributed by atoms with Crippen molar-refractivity contribution in [1.29, 1.82) is 0 Å². The summed E-state index contributed by atoms with van der Waals surface area (Å²) in [4.78, 5) is 32.0. The quantitative estimate of drug-likeness (QED) is 0.398. The average molecular weight is 522 g/mol. The largest absolute Gasteiger partial charge is 0.493 e. The van der Waals surface area contributed by atoms with Gasteiger partial charge >= 0.3 is 0 Å². The van der Waals surface area contributed by atoms with E-state index in [1.807, 2.05) is 46.7 Å². The van der Waals surface area contributed by atoms with Crippen LogP contribution in [0.25, 0.3) is 11.3 Å². The number of rotatable bonds is 9. The summed E-state index contributed by atoms with van der Waals surface area (Å²) < 4.78 is 10.7. The number of carbonyl (C=O) groups is 2. The predicted octanol–water partition coefficient (Wildman–Crippen LogP) is 3.59. The number of amides is 2. The van der Waals surface area contributed by atoms with Crippen LogP contribution in [-0.2, 0) is 4.79 Å². The SMILES string of the molecule is C=CCN(CC(=O)N1CCCN(c2ccc(-c3ccc(OC)c(OC)c3)nn2)CC1)C(=O)c1cccs1. The first-order valence-electron chi connectivity index (χ1n) is 12.1. The van der Waals surface area contributed by atoms with Crippen LogP contribution < -0.4 is 14.4 Å². The van der Waals surface area contributed by atoms with Crippen LogP contribution in [-0.4, -0.2) is 85.3 Å². The fourth-order valence-electron chi connectivity index (χ4n) is 4.23. The van der Waals surface area contributed by atoms with Gasteiger partial charge < -0.3 is 24.2 Å². The Kier molecular flexibility index (Phi) is 8.73. The minimum absolute atomic E-state index is 0.0303. The summed E-state index contributed by atoms with van der Waals surface area (Å²) in [5.41, 5.74) is 1.61. The van der Waals surface area contributed by atoms with E-state index in [4.69, 9.17) is 9.47 Å². The van der Waals surface area contributed by atoms with Crippen LogP contribution >= 0.6 is 11.3 Å². The Balaban J connectivity index is 1.38. The first-order chi connectivity index (χ1) is 18.0. The van der Waals surface area contributed by atoms with Crippen LogP contribution in [0.15, 0.2) is 60.5 Å². The zero-order chi connectivity index (χ0) is 26.2. The van der Waals surface area contributed by atoms with E-state index in [2.05, 4.69) is 21.7 Å². The van der Waals surface area contributed by atoms with Crippen LogP contribution in [0, 0.1) is 0 Å². The van der Waals surface area contributed by atoms with Gasteiger partial charge in [0.05, 0.1) is 24.8 Å². The molecule has 10 heteroatoms. The van der Waals surface area contributed by atoms with E-state index in [0.29, 0.717) is 42.6 Å². The molecule has 194 valence electrons. The maximum atomic E-state index is 13.1. The molecule has 0 bridgehead atoms. The lowest BCUT2D eigenvalue weighted by atomic mass is 10.1. The van der Waals surface area contributed by atoms with Crippen LogP contribution in [0.5, 0.6) is 11.5 Å². The number of thiophene rings is 1. The van der Waals surface area contributed by atoms with Gasteiger partial charge in [-0.1, -0.05) is 12.1 Å². The van der Waals surface area contributed by atoms with Gasteiger partial charge in [0.15, 0.2) is 17.3 Å². The Labute approximate surface area is 220 Å². The molecule has 0 atom stereocenters. The van der Waals surface area contributed by atoms with Gasteiger partial charge in [-0.2, -0.15) is 0 Å². The fourth-order valence-corrected chi connectivity index (χ4v) is 4.92. The molecule has 0 spiro atoms. The van der Waals surface area contributed by atoms with Crippen molar-refractivity contribution in [2.75, 3.05) is 58.4 Å². The van der Waals surface area contributed by atoms with Crippen molar-refractivity contribution in [2.24, 2.45) is 0 Å². The molecule has 1 saturated heterocycles. The zero-order valence-electron chi connectivity index (χ0n) is 21.1. The molecule has 0 radical (unpaired) electrons. The summed E-state index contributed by atoms with van der Waals surface area (Å²) in [6.45, 7) is 6.66. The molecule has 0 unspecified atom stereocenters. The van der Waals surface area contributed by atoms with Crippen LogP contribution in [0.2, 0.25) is 0 Å². The Bertz CT molecular complexity index is 1220. The third-order valence-electron chi connectivity index (χ3n) is 6.20. The van der Waals surface area contributed by atoms with Gasteiger partial charge in [-0.15, -0.1) is 28.1 Å². The first-order valence-corrected chi connectivity index (χ1v) is 12.9. The number of benzene rings is 1. The highest BCUT2D eigenvalue weighted by Gasteiger charge is 2.24. The molecule has 0 saturated carbocycles. The summed E-state index contributed by atoms with van der Waals surface area (Å²) in [5.74, 6) is 1.84. The maximum Gasteiger partial charge on any atom is 0.264 e. The van der Waals surface area contributed by atoms with Crippen LogP contribution in [0.4, 0.5) is 5.82 Å². The lowest BCUT2D eigenvalue weighted by molar-refractivity contribution is -0.131. The lowest BCUT2D eigenvalue weighted by Gasteiger charge is -2.26. The number of hydrogen-bond donors (Lipinski definition) is 0. The Hall–Kier alpha value is -3.92. The Morgan fingerprint density at radius 1 is 1.05 bits per heavy atom. The lowest BCUT2D eigenvalue weighted by Crippen LogP contribution is -2.44. The monoisotopic (exact) mass is 521 g/mol. The summed E-state index contributed by atoms with van der Waals surface area (Å²) in [6.07, 6.45) is 2.44. The molecule has 1 aromatic carbocycles. The zero-order valence-corrected chi connectivity index (χ0v) is 21.9. The highest BCUT2D eigenvalue weighted by molar-refractivity contribution is 7.12. The predicted molar refractivity (Wildman–Crippen MR) is 144 cm³/mol. The fraction of sp³-hybridized carbons (Fsp3) is 0.333. The number of anilines is 1. The van der Waals surface area contributed by atoms with Crippen LogP contribution in [0.3, 0.4) is 0 Å². The minimum Gasteiger partial charge on any atom is -0.493 e. The Morgan fingerprint density at radius 2 is 1.89 bits per heavy atom. The van der Waals surface area contributed by atoms with Gasteiger partial charge in [0.25, 0.3) is 5.91 Å². The highest BCUT2D eigenvalue weighted by atomic mass is 32.1. The number of hydrogen-bond acceptors (Lipinski definition) is 8. The van der Waals surface area contributed by atoms with E-state index in [0.717, 1.165) is 30.0 Å². The van der Waals surface area contributed by atoms with Gasteiger partial charge in [-0.3, -0.25) is 9.59 Å². The van der Waals surface area contributed by atoms with Crippen molar-refractivity contribution in [3.05, 3.63) is 65.4 Å². The second kappa shape index (κ2) is 12.4. The van der Waals surface area contributed by atoms with E-state index in [-0.39, 0.29) is 18.4 Å². The second-order valence-electron chi connectivity index (χ2n) is 8.52. The Morgan fingerprint density at radius 3 is 2.57 bits per heavy atom. The average Bonchev–Trinajstić information content (AvgIpc) is 3.36. The third-order valence-corrected chi connectivity index (χ3v) is 7.06. The molecule has 4 rings (SSSR count). The van der Waals surface area contributed by atoms with Gasteiger partial charge in [0.2, 0.25) is 5.91 Å². The molecule has 2 aromatic heterocycles. The molecule has 0 aliphatic carbocycles. The molecule has 3 aromatic rings. The molecular formula is C27H31N5O4S. The summed E-state index contributed by atoms with van der Waals surface area (Å²) in [6, 6.07) is 13.1. The van der Waals surface area contributed by atoms with Crippen molar-refractivity contribution in [2.45, 2.75) is 6.42 Å². The molecule has 1 fully saturated rings. The van der Waals surface area contributed by atoms with Crippen LogP contribution in [0.1, 0.15) is 16.1 Å². The normalized spacial score (nSPS) is 13.6. The molecule has 3 heterocycles. The first kappa shape index (κ1) is 26.2. The van der Waals surface area contributed by atoms with Crippen molar-refractivity contribution < 1.29 is 19.1 Å². The number of nitrogens with zero attached hydrogens (tertiary/aromatic N) is 5. The summed E-state index contributed by atoms with van der Waals surface area (Å²) in [5, 5.41) is 10.7. The van der Waals surface area contributed by atoms with Crippen molar-refractivity contribution >= 4 is 29.0 Å². The minimum atomic E-state index is -0.149. The van der Waals surface area contributed by atoms with Crippen molar-refractivity contribution in [3.63, 3.8) is 0 Å². The van der Waals surface area contributed by atoms with E-state index in [1.165, 1.54) is 11.3 Å². The summed E-state index contributed by atoms with van der Waals surface area (Å²) >= 11 is 1.37. The number of aromatic nitrogens is 2. The standard InChI is InChI=1S/C27H31N5O4S/c1-4-12-32(27(34)24-7-5-17-37-24)19-26(33)31-14-6-13-30(15-16-31)25-11-9-21(28-29-25)20-8-10-22(35-2)23(18-20)36-3/h4-5,7-11,17-18H,1,6,12-16,19H2,2-3H3.